The molecule has 1 aliphatic heterocycles. The molecule has 1 saturated heterocycles. The molecule has 0 atom stereocenters. The molecule has 1 aliphatic rings. The normalized spacial score (nSPS) is 15.5. The smallest absolute Gasteiger partial charge is 0.259 e. The summed E-state index contributed by atoms with van der Waals surface area (Å²) in [5.74, 6) is 1.14. The maximum Gasteiger partial charge on any atom is 0.259 e. The van der Waals surface area contributed by atoms with Crippen LogP contribution in [0.2, 0.25) is 0 Å². The van der Waals surface area contributed by atoms with Crippen LogP contribution in [0, 0.1) is 0 Å². The van der Waals surface area contributed by atoms with Crippen LogP contribution in [-0.2, 0) is 4.79 Å². The van der Waals surface area contributed by atoms with Gasteiger partial charge < -0.3 is 4.74 Å². The number of hydrogen-bond acceptors (Lipinski definition) is 5. The van der Waals surface area contributed by atoms with Gasteiger partial charge in [-0.1, -0.05) is 30.9 Å². The highest BCUT2D eigenvalue weighted by molar-refractivity contribution is 8.23. The van der Waals surface area contributed by atoms with Crippen molar-refractivity contribution in [3.63, 3.8) is 0 Å². The van der Waals surface area contributed by atoms with Crippen LogP contribution in [0.3, 0.4) is 0 Å². The van der Waals surface area contributed by atoms with Gasteiger partial charge in [0, 0.05) is 0 Å². The van der Waals surface area contributed by atoms with Gasteiger partial charge in [0.2, 0.25) is 0 Å². The Morgan fingerprint density at radius 2 is 2.21 bits per heavy atom. The number of amides is 1. The summed E-state index contributed by atoms with van der Waals surface area (Å²) in [6.07, 6.45) is 2.61. The van der Waals surface area contributed by atoms with Gasteiger partial charge in [-0.25, -0.2) is 0 Å². The summed E-state index contributed by atoms with van der Waals surface area (Å²) in [4.78, 5) is 11.5. The Hall–Kier alpha value is -1.40. The lowest BCUT2D eigenvalue weighted by molar-refractivity contribution is -0.123. The summed E-state index contributed by atoms with van der Waals surface area (Å²) in [5, 5.41) is 5.37. The number of hydrogen-bond donors (Lipinski definition) is 0. The Kier molecular flexibility index (Phi) is 4.93. The molecule has 1 amide bonds. The van der Waals surface area contributed by atoms with Crippen LogP contribution in [0.4, 0.5) is 0 Å². The molecule has 0 aromatic heterocycles. The van der Waals surface area contributed by atoms with E-state index in [1.807, 2.05) is 24.3 Å². The molecule has 1 aromatic rings. The van der Waals surface area contributed by atoms with Gasteiger partial charge in [-0.3, -0.25) is 4.79 Å². The summed E-state index contributed by atoms with van der Waals surface area (Å²) < 4.78 is 5.99. The molecule has 0 aliphatic carbocycles. The number of carbonyl (C=O) groups is 1. The van der Waals surface area contributed by atoms with Crippen LogP contribution in [0.5, 0.6) is 5.75 Å². The van der Waals surface area contributed by atoms with Crippen molar-refractivity contribution in [3.05, 3.63) is 29.8 Å². The van der Waals surface area contributed by atoms with Crippen LogP contribution in [0.15, 0.2) is 29.4 Å². The molecule has 100 valence electrons. The van der Waals surface area contributed by atoms with Crippen molar-refractivity contribution in [3.8, 4) is 5.75 Å². The number of carbonyl (C=O) groups excluding carboxylic acids is 1. The molecule has 1 heterocycles. The summed E-state index contributed by atoms with van der Waals surface area (Å²) in [7, 11) is 0. The Bertz CT molecular complexity index is 484. The van der Waals surface area contributed by atoms with E-state index in [9.17, 15) is 4.79 Å². The molecule has 0 unspecified atom stereocenters. The zero-order valence-corrected chi connectivity index (χ0v) is 12.2. The fourth-order valence-electron chi connectivity index (χ4n) is 1.45. The molecule has 2 rings (SSSR count). The van der Waals surface area contributed by atoms with Crippen molar-refractivity contribution in [2.45, 2.75) is 13.3 Å². The number of rotatable bonds is 5. The first-order chi connectivity index (χ1) is 9.20. The summed E-state index contributed by atoms with van der Waals surface area (Å²) in [6.45, 7) is 2.77. The number of hydrazone groups is 1. The topological polar surface area (TPSA) is 41.9 Å². The number of ether oxygens (including phenoxy) is 1. The molecule has 4 nitrogen and oxygen atoms in total. The van der Waals surface area contributed by atoms with E-state index < -0.39 is 0 Å². The summed E-state index contributed by atoms with van der Waals surface area (Å²) >= 11 is 6.37. The van der Waals surface area contributed by atoms with Crippen LogP contribution < -0.4 is 4.74 Å². The molecule has 0 spiro atoms. The Morgan fingerprint density at radius 1 is 1.47 bits per heavy atom. The third kappa shape index (κ3) is 3.78. The van der Waals surface area contributed by atoms with Crippen LogP contribution in [0.1, 0.15) is 18.9 Å². The van der Waals surface area contributed by atoms with Gasteiger partial charge >= 0.3 is 0 Å². The van der Waals surface area contributed by atoms with Gasteiger partial charge in [0.1, 0.15) is 5.75 Å². The minimum absolute atomic E-state index is 0.0749. The standard InChI is InChI=1S/C13H14N2O2S2/c1-2-7-17-11-5-3-10(4-6-11)8-14-15-12(16)9-19-13(15)18/h3-6,8H,2,7,9H2,1H3/b14-8-. The second-order valence-electron chi connectivity index (χ2n) is 3.92. The average molecular weight is 294 g/mol. The SMILES string of the molecule is CCCOc1ccc(/C=N\N2C(=O)CSC2=S)cc1. The highest BCUT2D eigenvalue weighted by Gasteiger charge is 2.25. The van der Waals surface area contributed by atoms with E-state index in [-0.39, 0.29) is 5.91 Å². The molecule has 1 fully saturated rings. The predicted octanol–water partition coefficient (Wildman–Crippen LogP) is 2.67. The minimum atomic E-state index is -0.0749. The molecule has 0 saturated carbocycles. The average Bonchev–Trinajstić information content (AvgIpc) is 2.75. The monoisotopic (exact) mass is 294 g/mol. The predicted molar refractivity (Wildman–Crippen MR) is 81.7 cm³/mol. The van der Waals surface area contributed by atoms with Crippen molar-refractivity contribution >= 4 is 40.4 Å². The Labute approximate surface area is 121 Å². The first-order valence-corrected chi connectivity index (χ1v) is 7.36. The van der Waals surface area contributed by atoms with Gasteiger partial charge in [0.15, 0.2) is 4.32 Å². The maximum absolute atomic E-state index is 11.5. The van der Waals surface area contributed by atoms with E-state index in [2.05, 4.69) is 12.0 Å². The van der Waals surface area contributed by atoms with Crippen molar-refractivity contribution in [1.29, 1.82) is 0 Å². The van der Waals surface area contributed by atoms with Crippen LogP contribution in [-0.4, -0.2) is 33.8 Å². The number of thioether (sulfide) groups is 1. The zero-order valence-electron chi connectivity index (χ0n) is 10.5. The lowest BCUT2D eigenvalue weighted by Gasteiger charge is -2.07. The van der Waals surface area contributed by atoms with Crippen molar-refractivity contribution in [1.82, 2.24) is 5.01 Å². The third-order valence-electron chi connectivity index (χ3n) is 2.40. The molecular weight excluding hydrogens is 280 g/mol. The van der Waals surface area contributed by atoms with Crippen molar-refractivity contribution < 1.29 is 9.53 Å². The molecule has 6 heteroatoms. The summed E-state index contributed by atoms with van der Waals surface area (Å²) in [5.41, 5.74) is 0.899. The zero-order chi connectivity index (χ0) is 13.7. The van der Waals surface area contributed by atoms with E-state index in [0.717, 1.165) is 17.7 Å². The van der Waals surface area contributed by atoms with Gasteiger partial charge in [0.25, 0.3) is 5.91 Å². The maximum atomic E-state index is 11.5. The van der Waals surface area contributed by atoms with Crippen LogP contribution >= 0.6 is 24.0 Å². The van der Waals surface area contributed by atoms with E-state index in [0.29, 0.717) is 16.7 Å². The quantitative estimate of drug-likeness (QED) is 0.618. The fraction of sp³-hybridized carbons (Fsp3) is 0.308. The number of thiocarbonyl (C=S) groups is 1. The molecule has 19 heavy (non-hydrogen) atoms. The van der Waals surface area contributed by atoms with Gasteiger partial charge in [-0.2, -0.15) is 10.1 Å². The second kappa shape index (κ2) is 6.68. The van der Waals surface area contributed by atoms with E-state index in [4.69, 9.17) is 17.0 Å². The molecular formula is C13H14N2O2S2. The van der Waals surface area contributed by atoms with E-state index in [1.165, 1.54) is 16.8 Å². The first-order valence-electron chi connectivity index (χ1n) is 5.97. The summed E-state index contributed by atoms with van der Waals surface area (Å²) in [6, 6.07) is 7.56. The first kappa shape index (κ1) is 14.0. The highest BCUT2D eigenvalue weighted by atomic mass is 32.2. The van der Waals surface area contributed by atoms with Gasteiger partial charge in [-0.15, -0.1) is 0 Å². The second-order valence-corrected chi connectivity index (χ2v) is 5.53. The molecule has 0 radical (unpaired) electrons. The minimum Gasteiger partial charge on any atom is -0.494 e. The Morgan fingerprint density at radius 3 is 2.79 bits per heavy atom. The number of benzene rings is 1. The third-order valence-corrected chi connectivity index (χ3v) is 3.74. The lowest BCUT2D eigenvalue weighted by atomic mass is 10.2. The van der Waals surface area contributed by atoms with E-state index in [1.54, 1.807) is 6.21 Å². The largest absolute Gasteiger partial charge is 0.494 e. The molecule has 0 N–H and O–H groups in total. The van der Waals surface area contributed by atoms with Gasteiger partial charge in [0.05, 0.1) is 18.6 Å². The lowest BCUT2D eigenvalue weighted by Crippen LogP contribution is -2.22. The van der Waals surface area contributed by atoms with Crippen molar-refractivity contribution in [2.75, 3.05) is 12.4 Å². The van der Waals surface area contributed by atoms with Gasteiger partial charge in [-0.05, 0) is 36.2 Å². The van der Waals surface area contributed by atoms with E-state index >= 15 is 0 Å². The number of nitrogens with zero attached hydrogens (tertiary/aromatic N) is 2. The van der Waals surface area contributed by atoms with Crippen molar-refractivity contribution in [2.24, 2.45) is 5.10 Å². The fourth-order valence-corrected chi connectivity index (χ4v) is 2.42. The van der Waals surface area contributed by atoms with Crippen LogP contribution in [0.25, 0.3) is 0 Å². The highest BCUT2D eigenvalue weighted by Crippen LogP contribution is 2.19. The molecule has 0 bridgehead atoms. The Balaban J connectivity index is 1.99. The molecule has 1 aromatic carbocycles.